The highest BCUT2D eigenvalue weighted by Crippen LogP contribution is 2.47. The van der Waals surface area contributed by atoms with E-state index in [1.165, 1.54) is 36.1 Å². The van der Waals surface area contributed by atoms with Crippen LogP contribution >= 0.6 is 0 Å². The maximum absolute atomic E-state index is 6.24. The molecule has 2 fully saturated rings. The van der Waals surface area contributed by atoms with Crippen LogP contribution < -0.4 is 0 Å². The number of unbranched alkanes of at least 4 members (excludes halogenated alkanes) is 1. The molecule has 0 radical (unpaired) electrons. The second-order valence-electron chi connectivity index (χ2n) is 8.45. The van der Waals surface area contributed by atoms with Gasteiger partial charge in [0.1, 0.15) is 0 Å². The van der Waals surface area contributed by atoms with Gasteiger partial charge in [0.25, 0.3) is 0 Å². The zero-order valence-electron chi connectivity index (χ0n) is 16.5. The van der Waals surface area contributed by atoms with Crippen LogP contribution in [-0.2, 0) is 21.3 Å². The fraction of sp³-hybridized carbons (Fsp3) is 0.542. The smallest absolute Gasteiger partial charge is 0.0945 e. The van der Waals surface area contributed by atoms with Crippen molar-refractivity contribution in [3.63, 3.8) is 0 Å². The van der Waals surface area contributed by atoms with Crippen molar-refractivity contribution in [2.24, 2.45) is 0 Å². The van der Waals surface area contributed by atoms with Crippen LogP contribution in [0.5, 0.6) is 0 Å². The molecule has 0 saturated carbocycles. The van der Waals surface area contributed by atoms with Crippen molar-refractivity contribution in [3.05, 3.63) is 65.5 Å². The van der Waals surface area contributed by atoms with Gasteiger partial charge < -0.3 is 9.47 Å². The number of aryl methyl sites for hydroxylation is 2. The topological polar surface area (TPSA) is 31.4 Å². The Labute approximate surface area is 163 Å². The highest BCUT2D eigenvalue weighted by atomic mass is 16.6. The van der Waals surface area contributed by atoms with Gasteiger partial charge in [-0.15, -0.1) is 0 Å². The standard InChI is InChI=1S/C24H31NO2/c1-20-7-6-9-21(17-20)8-2-4-11-23(22-10-3-5-14-25-22)12-16-27-24(18-23)13-15-26-19-24/h3,5-7,9-10,14,17H,2,4,8,11-13,15-16,18-19H2,1H3. The molecule has 1 aromatic heterocycles. The van der Waals surface area contributed by atoms with Crippen molar-refractivity contribution >= 4 is 0 Å². The zero-order valence-corrected chi connectivity index (χ0v) is 16.5. The zero-order chi connectivity index (χ0) is 18.6. The summed E-state index contributed by atoms with van der Waals surface area (Å²) in [7, 11) is 0. The first-order valence-corrected chi connectivity index (χ1v) is 10.4. The van der Waals surface area contributed by atoms with Crippen molar-refractivity contribution < 1.29 is 9.47 Å². The summed E-state index contributed by atoms with van der Waals surface area (Å²) in [6.45, 7) is 4.55. The van der Waals surface area contributed by atoms with Crippen LogP contribution in [0.4, 0.5) is 0 Å². The number of pyridine rings is 1. The van der Waals surface area contributed by atoms with Gasteiger partial charge in [0, 0.05) is 36.9 Å². The Balaban J connectivity index is 1.45. The number of benzene rings is 1. The van der Waals surface area contributed by atoms with Gasteiger partial charge in [0.15, 0.2) is 0 Å². The van der Waals surface area contributed by atoms with E-state index in [4.69, 9.17) is 14.5 Å². The van der Waals surface area contributed by atoms with Crippen molar-refractivity contribution in [1.82, 2.24) is 4.98 Å². The molecule has 0 amide bonds. The number of nitrogens with zero attached hydrogens (tertiary/aromatic N) is 1. The SMILES string of the molecule is Cc1cccc(CCCCC2(c3ccccn3)CCOC3(CCOC3)C2)c1. The fourth-order valence-electron chi connectivity index (χ4n) is 4.96. The average Bonchev–Trinajstić information content (AvgIpc) is 3.13. The molecule has 27 heavy (non-hydrogen) atoms. The first-order chi connectivity index (χ1) is 13.2. The Morgan fingerprint density at radius 2 is 2.00 bits per heavy atom. The lowest BCUT2D eigenvalue weighted by Gasteiger charge is -2.45. The van der Waals surface area contributed by atoms with Gasteiger partial charge >= 0.3 is 0 Å². The summed E-state index contributed by atoms with van der Waals surface area (Å²) in [6.07, 6.45) is 9.86. The summed E-state index contributed by atoms with van der Waals surface area (Å²) in [5.41, 5.74) is 4.08. The number of aromatic nitrogens is 1. The van der Waals surface area contributed by atoms with E-state index in [1.807, 2.05) is 12.3 Å². The highest BCUT2D eigenvalue weighted by molar-refractivity contribution is 5.23. The third-order valence-corrected chi connectivity index (χ3v) is 6.38. The molecule has 4 rings (SSSR count). The highest BCUT2D eigenvalue weighted by Gasteiger charge is 2.49. The minimum atomic E-state index is -0.0910. The summed E-state index contributed by atoms with van der Waals surface area (Å²) in [5, 5.41) is 0. The molecule has 2 atom stereocenters. The van der Waals surface area contributed by atoms with Gasteiger partial charge in [-0.2, -0.15) is 0 Å². The lowest BCUT2D eigenvalue weighted by molar-refractivity contribution is -0.109. The molecule has 1 spiro atoms. The molecule has 2 aliphatic heterocycles. The van der Waals surface area contributed by atoms with E-state index in [9.17, 15) is 0 Å². The maximum Gasteiger partial charge on any atom is 0.0945 e. The molecule has 3 nitrogen and oxygen atoms in total. The van der Waals surface area contributed by atoms with Crippen LogP contribution in [0.3, 0.4) is 0 Å². The molecule has 1 aromatic carbocycles. The lowest BCUT2D eigenvalue weighted by Crippen LogP contribution is -2.48. The maximum atomic E-state index is 6.24. The Hall–Kier alpha value is -1.71. The lowest BCUT2D eigenvalue weighted by atomic mass is 9.67. The second kappa shape index (κ2) is 8.12. The predicted octanol–water partition coefficient (Wildman–Crippen LogP) is 5.01. The normalized spacial score (nSPS) is 27.9. The predicted molar refractivity (Wildman–Crippen MR) is 108 cm³/mol. The summed E-state index contributed by atoms with van der Waals surface area (Å²) < 4.78 is 12.0. The van der Waals surface area contributed by atoms with E-state index in [-0.39, 0.29) is 11.0 Å². The van der Waals surface area contributed by atoms with Crippen LogP contribution in [0, 0.1) is 6.92 Å². The average molecular weight is 366 g/mol. The third kappa shape index (κ3) is 4.25. The van der Waals surface area contributed by atoms with Crippen molar-refractivity contribution in [2.75, 3.05) is 19.8 Å². The number of hydrogen-bond acceptors (Lipinski definition) is 3. The minimum absolute atomic E-state index is 0.0910. The largest absolute Gasteiger partial charge is 0.378 e. The van der Waals surface area contributed by atoms with E-state index in [2.05, 4.69) is 43.3 Å². The van der Waals surface area contributed by atoms with E-state index < -0.39 is 0 Å². The minimum Gasteiger partial charge on any atom is -0.378 e. The molecule has 2 aliphatic rings. The van der Waals surface area contributed by atoms with Crippen LogP contribution in [0.25, 0.3) is 0 Å². The molecule has 0 aliphatic carbocycles. The summed E-state index contributed by atoms with van der Waals surface area (Å²) in [5.74, 6) is 0. The Kier molecular flexibility index (Phi) is 5.60. The van der Waals surface area contributed by atoms with E-state index >= 15 is 0 Å². The van der Waals surface area contributed by atoms with Gasteiger partial charge in [-0.05, 0) is 56.7 Å². The van der Waals surface area contributed by atoms with E-state index in [0.29, 0.717) is 0 Å². The van der Waals surface area contributed by atoms with Crippen molar-refractivity contribution in [3.8, 4) is 0 Å². The quantitative estimate of drug-likeness (QED) is 0.674. The molecule has 3 heterocycles. The molecule has 0 bridgehead atoms. The molecule has 2 aromatic rings. The van der Waals surface area contributed by atoms with Crippen LogP contribution in [0.1, 0.15) is 55.3 Å². The summed E-state index contributed by atoms with van der Waals surface area (Å²) >= 11 is 0. The first-order valence-electron chi connectivity index (χ1n) is 10.4. The van der Waals surface area contributed by atoms with Crippen LogP contribution in [-0.4, -0.2) is 30.4 Å². The van der Waals surface area contributed by atoms with E-state index in [0.717, 1.165) is 45.5 Å². The molecule has 0 N–H and O–H groups in total. The van der Waals surface area contributed by atoms with Crippen molar-refractivity contribution in [1.29, 1.82) is 0 Å². The summed E-state index contributed by atoms with van der Waals surface area (Å²) in [6, 6.07) is 15.3. The molecule has 2 saturated heterocycles. The summed E-state index contributed by atoms with van der Waals surface area (Å²) in [4.78, 5) is 4.78. The van der Waals surface area contributed by atoms with Crippen molar-refractivity contribution in [2.45, 2.75) is 62.9 Å². The first kappa shape index (κ1) is 18.6. The Morgan fingerprint density at radius 1 is 1.04 bits per heavy atom. The number of ether oxygens (including phenoxy) is 2. The number of rotatable bonds is 6. The van der Waals surface area contributed by atoms with Gasteiger partial charge in [0.05, 0.1) is 12.2 Å². The molecule has 2 unspecified atom stereocenters. The fourth-order valence-corrected chi connectivity index (χ4v) is 4.96. The van der Waals surface area contributed by atoms with Crippen LogP contribution in [0.2, 0.25) is 0 Å². The van der Waals surface area contributed by atoms with Gasteiger partial charge in [-0.25, -0.2) is 0 Å². The molecule has 144 valence electrons. The second-order valence-corrected chi connectivity index (χ2v) is 8.45. The third-order valence-electron chi connectivity index (χ3n) is 6.38. The van der Waals surface area contributed by atoms with Crippen LogP contribution in [0.15, 0.2) is 48.7 Å². The number of hydrogen-bond donors (Lipinski definition) is 0. The van der Waals surface area contributed by atoms with Gasteiger partial charge in [-0.1, -0.05) is 42.3 Å². The molecule has 3 heteroatoms. The monoisotopic (exact) mass is 365 g/mol. The van der Waals surface area contributed by atoms with Gasteiger partial charge in [-0.3, -0.25) is 4.98 Å². The Bertz CT molecular complexity index is 739. The molecular weight excluding hydrogens is 334 g/mol. The van der Waals surface area contributed by atoms with Gasteiger partial charge in [0.2, 0.25) is 0 Å². The Morgan fingerprint density at radius 3 is 2.78 bits per heavy atom. The molecular formula is C24H31NO2. The van der Waals surface area contributed by atoms with E-state index in [1.54, 1.807) is 0 Å².